The molecule has 4 heterocycles. The second-order valence-electron chi connectivity index (χ2n) is 6.32. The minimum absolute atomic E-state index is 0.530. The second-order valence-corrected chi connectivity index (χ2v) is 6.32. The van der Waals surface area contributed by atoms with Crippen LogP contribution in [-0.2, 0) is 20.0 Å². The summed E-state index contributed by atoms with van der Waals surface area (Å²) in [5.41, 5.74) is 2.75. The van der Waals surface area contributed by atoms with E-state index >= 15 is 0 Å². The van der Waals surface area contributed by atoms with Crippen molar-refractivity contribution in [2.24, 2.45) is 7.05 Å². The minimum Gasteiger partial charge on any atom is -0.359 e. The van der Waals surface area contributed by atoms with Gasteiger partial charge in [-0.15, -0.1) is 5.10 Å². The maximum atomic E-state index is 5.40. The predicted molar refractivity (Wildman–Crippen MR) is 87.2 cm³/mol. The van der Waals surface area contributed by atoms with Crippen molar-refractivity contribution in [1.82, 2.24) is 35.2 Å². The van der Waals surface area contributed by atoms with E-state index in [2.05, 4.69) is 25.9 Å². The Kier molecular flexibility index (Phi) is 4.12. The zero-order chi connectivity index (χ0) is 16.4. The molecular formula is C16H21N7O. The van der Waals surface area contributed by atoms with Crippen LogP contribution >= 0.6 is 0 Å². The second kappa shape index (κ2) is 6.56. The Bertz CT molecular complexity index is 797. The summed E-state index contributed by atoms with van der Waals surface area (Å²) in [5, 5.41) is 20.2. The van der Waals surface area contributed by atoms with Gasteiger partial charge in [-0.3, -0.25) is 4.68 Å². The molecule has 0 saturated carbocycles. The molecule has 0 radical (unpaired) electrons. The molecule has 0 bridgehead atoms. The first-order valence-electron chi connectivity index (χ1n) is 8.33. The Morgan fingerprint density at radius 3 is 3.12 bits per heavy atom. The zero-order valence-electron chi connectivity index (χ0n) is 13.7. The number of hydrogen-bond acceptors (Lipinski definition) is 6. The van der Waals surface area contributed by atoms with Gasteiger partial charge in [0.25, 0.3) is 0 Å². The highest BCUT2D eigenvalue weighted by Gasteiger charge is 2.15. The number of aryl methyl sites for hydroxylation is 2. The predicted octanol–water partition coefficient (Wildman–Crippen LogP) is 1.40. The molecule has 126 valence electrons. The van der Waals surface area contributed by atoms with E-state index in [-0.39, 0.29) is 0 Å². The molecule has 1 saturated heterocycles. The van der Waals surface area contributed by atoms with E-state index in [9.17, 15) is 0 Å². The number of hydrogen-bond donors (Lipinski definition) is 1. The molecule has 0 aromatic carbocycles. The zero-order valence-corrected chi connectivity index (χ0v) is 13.7. The molecule has 8 heteroatoms. The summed E-state index contributed by atoms with van der Waals surface area (Å²) in [6.07, 6.45) is 10.3. The van der Waals surface area contributed by atoms with Gasteiger partial charge in [0.2, 0.25) is 0 Å². The molecule has 0 aliphatic carbocycles. The van der Waals surface area contributed by atoms with Crippen molar-refractivity contribution in [3.05, 3.63) is 36.1 Å². The van der Waals surface area contributed by atoms with Crippen molar-refractivity contribution in [2.45, 2.75) is 38.3 Å². The van der Waals surface area contributed by atoms with E-state index in [0.717, 1.165) is 42.1 Å². The van der Waals surface area contributed by atoms with Crippen molar-refractivity contribution in [3.8, 4) is 11.3 Å². The van der Waals surface area contributed by atoms with Crippen LogP contribution in [0.15, 0.2) is 29.2 Å². The summed E-state index contributed by atoms with van der Waals surface area (Å²) in [7, 11) is 1.88. The first-order chi connectivity index (χ1) is 11.8. The highest BCUT2D eigenvalue weighted by Crippen LogP contribution is 2.18. The van der Waals surface area contributed by atoms with E-state index in [0.29, 0.717) is 12.6 Å². The monoisotopic (exact) mass is 327 g/mol. The molecule has 0 amide bonds. The molecule has 1 N–H and O–H groups in total. The van der Waals surface area contributed by atoms with Crippen LogP contribution in [0.3, 0.4) is 0 Å². The van der Waals surface area contributed by atoms with E-state index in [4.69, 9.17) is 4.52 Å². The lowest BCUT2D eigenvalue weighted by molar-refractivity contribution is 0.372. The smallest absolute Gasteiger partial charge is 0.158 e. The SMILES string of the molecule is Cn1cc(-c2cc(Cn3cc(CCC4CCCN4)nn3)on2)cn1. The Labute approximate surface area is 139 Å². The van der Waals surface area contributed by atoms with Crippen molar-refractivity contribution in [1.29, 1.82) is 0 Å². The molecule has 1 aliphatic rings. The Morgan fingerprint density at radius 1 is 1.38 bits per heavy atom. The largest absolute Gasteiger partial charge is 0.359 e. The van der Waals surface area contributed by atoms with Crippen LogP contribution < -0.4 is 5.32 Å². The molecule has 1 fully saturated rings. The van der Waals surface area contributed by atoms with Crippen LogP contribution in [0.25, 0.3) is 11.3 Å². The van der Waals surface area contributed by atoms with Gasteiger partial charge in [0.05, 0.1) is 11.9 Å². The van der Waals surface area contributed by atoms with Gasteiger partial charge in [0.1, 0.15) is 12.2 Å². The van der Waals surface area contributed by atoms with Crippen LogP contribution in [0.2, 0.25) is 0 Å². The Balaban J connectivity index is 1.36. The van der Waals surface area contributed by atoms with Crippen LogP contribution in [0.5, 0.6) is 0 Å². The van der Waals surface area contributed by atoms with Crippen molar-refractivity contribution in [3.63, 3.8) is 0 Å². The van der Waals surface area contributed by atoms with Gasteiger partial charge in [0.15, 0.2) is 5.76 Å². The average molecular weight is 327 g/mol. The number of aromatic nitrogens is 6. The standard InChI is InChI=1S/C16H21N7O/c1-22-9-12(8-18-22)16-7-15(24-20-16)11-23-10-14(19-21-23)5-4-13-3-2-6-17-13/h7-10,13,17H,2-6,11H2,1H3. The average Bonchev–Trinajstić information content (AvgIpc) is 3.34. The summed E-state index contributed by atoms with van der Waals surface area (Å²) >= 11 is 0. The molecule has 3 aromatic rings. The molecule has 4 rings (SSSR count). The molecule has 8 nitrogen and oxygen atoms in total. The Morgan fingerprint density at radius 2 is 2.33 bits per heavy atom. The quantitative estimate of drug-likeness (QED) is 0.736. The van der Waals surface area contributed by atoms with Crippen LogP contribution in [0.4, 0.5) is 0 Å². The molecule has 24 heavy (non-hydrogen) atoms. The van der Waals surface area contributed by atoms with E-state index in [1.165, 1.54) is 12.8 Å². The van der Waals surface area contributed by atoms with Gasteiger partial charge in [-0.05, 0) is 32.2 Å². The van der Waals surface area contributed by atoms with Gasteiger partial charge in [-0.1, -0.05) is 10.4 Å². The molecule has 3 aromatic heterocycles. The lowest BCUT2D eigenvalue weighted by Crippen LogP contribution is -2.21. The normalized spacial score (nSPS) is 17.6. The van der Waals surface area contributed by atoms with Gasteiger partial charge < -0.3 is 9.84 Å². The lowest BCUT2D eigenvalue weighted by Gasteiger charge is -2.07. The highest BCUT2D eigenvalue weighted by molar-refractivity contribution is 5.56. The summed E-state index contributed by atoms with van der Waals surface area (Å²) in [6.45, 7) is 1.67. The lowest BCUT2D eigenvalue weighted by atomic mass is 10.1. The first kappa shape index (κ1) is 15.1. The maximum Gasteiger partial charge on any atom is 0.158 e. The third-order valence-electron chi connectivity index (χ3n) is 4.37. The molecule has 0 spiro atoms. The number of rotatable bonds is 6. The highest BCUT2D eigenvalue weighted by atomic mass is 16.5. The molecule has 1 unspecified atom stereocenters. The van der Waals surface area contributed by atoms with Crippen molar-refractivity contribution in [2.75, 3.05) is 6.54 Å². The molecular weight excluding hydrogens is 306 g/mol. The number of nitrogens with one attached hydrogen (secondary N) is 1. The minimum atomic E-state index is 0.530. The number of nitrogens with zero attached hydrogens (tertiary/aromatic N) is 6. The summed E-state index contributed by atoms with van der Waals surface area (Å²) in [6, 6.07) is 2.55. The molecule has 1 aliphatic heterocycles. The maximum absolute atomic E-state index is 5.40. The van der Waals surface area contributed by atoms with Gasteiger partial charge in [-0.2, -0.15) is 5.10 Å². The fourth-order valence-corrected chi connectivity index (χ4v) is 3.09. The van der Waals surface area contributed by atoms with Crippen LogP contribution in [-0.4, -0.2) is 42.5 Å². The van der Waals surface area contributed by atoms with Crippen LogP contribution in [0.1, 0.15) is 30.7 Å². The fourth-order valence-electron chi connectivity index (χ4n) is 3.09. The first-order valence-corrected chi connectivity index (χ1v) is 8.33. The van der Waals surface area contributed by atoms with Crippen LogP contribution in [0, 0.1) is 0 Å². The van der Waals surface area contributed by atoms with E-state index in [1.54, 1.807) is 15.6 Å². The summed E-state index contributed by atoms with van der Waals surface area (Å²) in [4.78, 5) is 0. The Hall–Kier alpha value is -2.48. The van der Waals surface area contributed by atoms with E-state index < -0.39 is 0 Å². The van der Waals surface area contributed by atoms with Gasteiger partial charge in [-0.25, -0.2) is 4.68 Å². The van der Waals surface area contributed by atoms with Gasteiger partial charge >= 0.3 is 0 Å². The summed E-state index contributed by atoms with van der Waals surface area (Å²) in [5.74, 6) is 0.753. The molecule has 1 atom stereocenters. The van der Waals surface area contributed by atoms with Crippen molar-refractivity contribution < 1.29 is 4.52 Å². The topological polar surface area (TPSA) is 86.6 Å². The van der Waals surface area contributed by atoms with Gasteiger partial charge in [0, 0.05) is 37.1 Å². The fraction of sp³-hybridized carbons (Fsp3) is 0.500. The third-order valence-corrected chi connectivity index (χ3v) is 4.37. The third kappa shape index (κ3) is 3.38. The summed E-state index contributed by atoms with van der Waals surface area (Å²) < 4.78 is 8.94. The van der Waals surface area contributed by atoms with Crippen molar-refractivity contribution >= 4 is 0 Å². The van der Waals surface area contributed by atoms with E-state index in [1.807, 2.05) is 25.5 Å².